The van der Waals surface area contributed by atoms with E-state index in [0.29, 0.717) is 11.5 Å². The predicted octanol–water partition coefficient (Wildman–Crippen LogP) is 1.53. The maximum absolute atomic E-state index is 11.6. The lowest BCUT2D eigenvalue weighted by Gasteiger charge is -2.15. The molecule has 0 fully saturated rings. The summed E-state index contributed by atoms with van der Waals surface area (Å²) in [6, 6.07) is 5.13. The standard InChI is InChI=1S/C9H10N2O2S/c1-6-3-4-9-8(5-6)10-7(2)11-14(9,12)13/h3-5H,1-2H3,(H,10,11). The average Bonchev–Trinajstić information content (AvgIpc) is 2.00. The summed E-state index contributed by atoms with van der Waals surface area (Å²) in [7, 11) is -3.48. The monoisotopic (exact) mass is 210 g/mol. The van der Waals surface area contributed by atoms with Crippen molar-refractivity contribution >= 4 is 21.5 Å². The summed E-state index contributed by atoms with van der Waals surface area (Å²) < 4.78 is 26.7. The van der Waals surface area contributed by atoms with E-state index in [0.717, 1.165) is 5.56 Å². The third-order valence-corrected chi connectivity index (χ3v) is 3.41. The highest BCUT2D eigenvalue weighted by Gasteiger charge is 2.22. The number of aryl methyl sites for hydroxylation is 1. The van der Waals surface area contributed by atoms with Crippen LogP contribution in [0.2, 0.25) is 0 Å². The molecule has 5 heteroatoms. The van der Waals surface area contributed by atoms with E-state index in [2.05, 4.69) is 9.71 Å². The maximum atomic E-state index is 11.6. The minimum absolute atomic E-state index is 0.244. The molecule has 14 heavy (non-hydrogen) atoms. The SMILES string of the molecule is CC1=NS(=O)(=O)c2ccc(C)cc2N1. The Balaban J connectivity index is 2.71. The molecule has 0 bridgehead atoms. The lowest BCUT2D eigenvalue weighted by atomic mass is 10.2. The molecule has 4 nitrogen and oxygen atoms in total. The van der Waals surface area contributed by atoms with Crippen LogP contribution >= 0.6 is 0 Å². The van der Waals surface area contributed by atoms with Crippen molar-refractivity contribution in [3.63, 3.8) is 0 Å². The van der Waals surface area contributed by atoms with Crippen LogP contribution in [-0.2, 0) is 10.0 Å². The fraction of sp³-hybridized carbons (Fsp3) is 0.222. The Hall–Kier alpha value is -1.36. The van der Waals surface area contributed by atoms with Gasteiger partial charge in [-0.15, -0.1) is 4.40 Å². The van der Waals surface area contributed by atoms with Gasteiger partial charge in [0.25, 0.3) is 10.0 Å². The van der Waals surface area contributed by atoms with Crippen molar-refractivity contribution in [1.82, 2.24) is 0 Å². The Morgan fingerprint density at radius 3 is 2.71 bits per heavy atom. The fourth-order valence-corrected chi connectivity index (χ4v) is 2.55. The lowest BCUT2D eigenvalue weighted by Crippen LogP contribution is -2.18. The molecule has 1 aliphatic heterocycles. The van der Waals surface area contributed by atoms with Crippen LogP contribution in [-0.4, -0.2) is 14.3 Å². The van der Waals surface area contributed by atoms with Gasteiger partial charge in [-0.2, -0.15) is 8.42 Å². The second-order valence-corrected chi connectivity index (χ2v) is 4.85. The highest BCUT2D eigenvalue weighted by Crippen LogP contribution is 2.27. The number of hydrogen-bond donors (Lipinski definition) is 1. The molecule has 0 spiro atoms. The Morgan fingerprint density at radius 1 is 1.29 bits per heavy atom. The van der Waals surface area contributed by atoms with Gasteiger partial charge in [0.15, 0.2) is 0 Å². The average molecular weight is 210 g/mol. The Labute approximate surface area is 82.7 Å². The van der Waals surface area contributed by atoms with Crippen LogP contribution in [0.4, 0.5) is 5.69 Å². The molecule has 1 aromatic carbocycles. The van der Waals surface area contributed by atoms with Crippen molar-refractivity contribution in [2.24, 2.45) is 4.40 Å². The molecular weight excluding hydrogens is 200 g/mol. The molecule has 1 N–H and O–H groups in total. The molecule has 1 aromatic rings. The quantitative estimate of drug-likeness (QED) is 0.706. The van der Waals surface area contributed by atoms with Gasteiger partial charge in [0, 0.05) is 0 Å². The summed E-state index contributed by atoms with van der Waals surface area (Å²) in [4.78, 5) is 0.244. The van der Waals surface area contributed by atoms with E-state index in [9.17, 15) is 8.42 Å². The van der Waals surface area contributed by atoms with E-state index in [-0.39, 0.29) is 4.90 Å². The molecule has 0 atom stereocenters. The highest BCUT2D eigenvalue weighted by molar-refractivity contribution is 7.90. The largest absolute Gasteiger partial charge is 0.342 e. The van der Waals surface area contributed by atoms with Gasteiger partial charge < -0.3 is 5.32 Å². The van der Waals surface area contributed by atoms with Crippen LogP contribution in [0.15, 0.2) is 27.5 Å². The summed E-state index contributed by atoms with van der Waals surface area (Å²) in [5.41, 5.74) is 1.62. The molecule has 2 rings (SSSR count). The van der Waals surface area contributed by atoms with Gasteiger partial charge in [0.2, 0.25) is 0 Å². The van der Waals surface area contributed by atoms with Gasteiger partial charge in [-0.25, -0.2) is 0 Å². The van der Waals surface area contributed by atoms with Gasteiger partial charge in [0.1, 0.15) is 10.7 Å². The summed E-state index contributed by atoms with van der Waals surface area (Å²) in [6.07, 6.45) is 0. The van der Waals surface area contributed by atoms with E-state index in [1.807, 2.05) is 6.92 Å². The van der Waals surface area contributed by atoms with Crippen LogP contribution in [0.3, 0.4) is 0 Å². The third-order valence-electron chi connectivity index (χ3n) is 1.99. The zero-order chi connectivity index (χ0) is 10.3. The summed E-state index contributed by atoms with van der Waals surface area (Å²) in [5, 5.41) is 2.93. The molecule has 0 saturated heterocycles. The molecule has 0 amide bonds. The minimum atomic E-state index is -3.48. The van der Waals surface area contributed by atoms with Crippen LogP contribution in [0.1, 0.15) is 12.5 Å². The maximum Gasteiger partial charge on any atom is 0.286 e. The number of nitrogens with zero attached hydrogens (tertiary/aromatic N) is 1. The molecule has 1 heterocycles. The van der Waals surface area contributed by atoms with Crippen molar-refractivity contribution in [3.05, 3.63) is 23.8 Å². The van der Waals surface area contributed by atoms with Crippen molar-refractivity contribution in [2.75, 3.05) is 5.32 Å². The van der Waals surface area contributed by atoms with Crippen molar-refractivity contribution in [3.8, 4) is 0 Å². The molecule has 0 aliphatic carbocycles. The fourth-order valence-electron chi connectivity index (χ4n) is 1.41. The molecule has 0 radical (unpaired) electrons. The number of anilines is 1. The Morgan fingerprint density at radius 2 is 2.00 bits per heavy atom. The molecule has 1 aliphatic rings. The molecule has 0 aromatic heterocycles. The second kappa shape index (κ2) is 2.81. The molecule has 74 valence electrons. The number of nitrogens with one attached hydrogen (secondary N) is 1. The molecule has 0 saturated carbocycles. The van der Waals surface area contributed by atoms with Crippen molar-refractivity contribution < 1.29 is 8.42 Å². The number of rotatable bonds is 0. The normalized spacial score (nSPS) is 18.0. The van der Waals surface area contributed by atoms with Crippen molar-refractivity contribution in [2.45, 2.75) is 18.7 Å². The number of fused-ring (bicyclic) bond motifs is 1. The van der Waals surface area contributed by atoms with Gasteiger partial charge in [0.05, 0.1) is 5.69 Å². The first-order chi connectivity index (χ1) is 6.49. The van der Waals surface area contributed by atoms with Crippen LogP contribution < -0.4 is 5.32 Å². The zero-order valence-corrected chi connectivity index (χ0v) is 8.72. The first kappa shape index (κ1) is 9.21. The second-order valence-electron chi connectivity index (χ2n) is 3.28. The number of hydrogen-bond acceptors (Lipinski definition) is 3. The van der Waals surface area contributed by atoms with E-state index >= 15 is 0 Å². The van der Waals surface area contributed by atoms with Crippen LogP contribution in [0.5, 0.6) is 0 Å². The van der Waals surface area contributed by atoms with Gasteiger partial charge in [-0.05, 0) is 31.5 Å². The lowest BCUT2D eigenvalue weighted by molar-refractivity contribution is 0.598. The summed E-state index contributed by atoms with van der Waals surface area (Å²) in [5.74, 6) is 0.406. The van der Waals surface area contributed by atoms with Crippen LogP contribution in [0, 0.1) is 6.92 Å². The number of sulfonamides is 1. The first-order valence-corrected chi connectivity index (χ1v) is 5.62. The van der Waals surface area contributed by atoms with Gasteiger partial charge in [-0.1, -0.05) is 6.07 Å². The Bertz CT molecular complexity index is 518. The summed E-state index contributed by atoms with van der Waals surface area (Å²) in [6.45, 7) is 3.54. The topological polar surface area (TPSA) is 58.5 Å². The highest BCUT2D eigenvalue weighted by atomic mass is 32.2. The zero-order valence-electron chi connectivity index (χ0n) is 7.90. The summed E-state index contributed by atoms with van der Waals surface area (Å²) >= 11 is 0. The van der Waals surface area contributed by atoms with Crippen molar-refractivity contribution in [1.29, 1.82) is 0 Å². The Kier molecular flexibility index (Phi) is 1.85. The van der Waals surface area contributed by atoms with E-state index < -0.39 is 10.0 Å². The molecular formula is C9H10N2O2S. The van der Waals surface area contributed by atoms with Gasteiger partial charge >= 0.3 is 0 Å². The number of benzene rings is 1. The number of amidine groups is 1. The van der Waals surface area contributed by atoms with E-state index in [4.69, 9.17) is 0 Å². The van der Waals surface area contributed by atoms with Crippen LogP contribution in [0.25, 0.3) is 0 Å². The predicted molar refractivity (Wildman–Crippen MR) is 55.1 cm³/mol. The van der Waals surface area contributed by atoms with Gasteiger partial charge in [-0.3, -0.25) is 0 Å². The molecule has 0 unspecified atom stereocenters. The van der Waals surface area contributed by atoms with E-state index in [1.165, 1.54) is 0 Å². The van der Waals surface area contributed by atoms with E-state index in [1.54, 1.807) is 25.1 Å². The third kappa shape index (κ3) is 1.39. The smallest absolute Gasteiger partial charge is 0.286 e. The first-order valence-electron chi connectivity index (χ1n) is 4.18. The minimum Gasteiger partial charge on any atom is -0.342 e.